The Bertz CT molecular complexity index is 335. The first kappa shape index (κ1) is 23.0. The second kappa shape index (κ2) is 13.4. The van der Waals surface area contributed by atoms with E-state index in [4.69, 9.17) is 0 Å². The zero-order chi connectivity index (χ0) is 17.7. The normalized spacial score (nSPS) is 12.6. The third-order valence-corrected chi connectivity index (χ3v) is 3.83. The monoisotopic (exact) mass is 312 g/mol. The van der Waals surface area contributed by atoms with Crippen LogP contribution in [0.1, 0.15) is 80.1 Å². The van der Waals surface area contributed by atoms with Crippen LogP contribution < -0.4 is 0 Å². The lowest BCUT2D eigenvalue weighted by Gasteiger charge is -2.08. The summed E-state index contributed by atoms with van der Waals surface area (Å²) in [4.78, 5) is 42.9. The Morgan fingerprint density at radius 1 is 0.636 bits per heavy atom. The van der Waals surface area contributed by atoms with Crippen LogP contribution in [-0.2, 0) is 19.2 Å². The second-order valence-electron chi connectivity index (χ2n) is 5.91. The smallest absolute Gasteiger partial charge is 0.132 e. The van der Waals surface area contributed by atoms with Crippen LogP contribution in [-0.4, -0.2) is 23.1 Å². The molecule has 2 unspecified atom stereocenters. The Morgan fingerprint density at radius 3 is 1.05 bits per heavy atom. The third-order valence-electron chi connectivity index (χ3n) is 3.83. The first-order chi connectivity index (χ1) is 10.1. The van der Waals surface area contributed by atoms with Gasteiger partial charge in [0, 0.05) is 24.7 Å². The Hall–Kier alpha value is -1.32. The molecule has 0 aromatic heterocycles. The van der Waals surface area contributed by atoms with Gasteiger partial charge in [-0.15, -0.1) is 0 Å². The molecule has 0 saturated carbocycles. The van der Waals surface area contributed by atoms with Crippen molar-refractivity contribution >= 4 is 23.1 Å². The van der Waals surface area contributed by atoms with Gasteiger partial charge in [-0.25, -0.2) is 0 Å². The lowest BCUT2D eigenvalue weighted by molar-refractivity contribution is -0.123. The van der Waals surface area contributed by atoms with Crippen LogP contribution in [0.25, 0.3) is 0 Å². The van der Waals surface area contributed by atoms with Crippen LogP contribution in [0.4, 0.5) is 0 Å². The molecule has 0 aliphatic heterocycles. The fraction of sp³-hybridized carbons (Fsp3) is 0.778. The van der Waals surface area contributed by atoms with Gasteiger partial charge in [0.1, 0.15) is 23.1 Å². The molecule has 128 valence electrons. The first-order valence-electron chi connectivity index (χ1n) is 8.15. The Kier molecular flexibility index (Phi) is 13.9. The van der Waals surface area contributed by atoms with Crippen LogP contribution in [0, 0.1) is 11.8 Å². The van der Waals surface area contributed by atoms with Gasteiger partial charge < -0.3 is 9.59 Å². The predicted molar refractivity (Wildman–Crippen MR) is 88.8 cm³/mol. The Morgan fingerprint density at radius 2 is 0.909 bits per heavy atom. The molecule has 2 atom stereocenters. The molecule has 4 heteroatoms. The van der Waals surface area contributed by atoms with E-state index in [0.29, 0.717) is 12.8 Å². The minimum atomic E-state index is 0.0962. The van der Waals surface area contributed by atoms with E-state index in [1.165, 1.54) is 0 Å². The summed E-state index contributed by atoms with van der Waals surface area (Å²) in [6, 6.07) is 0. The van der Waals surface area contributed by atoms with Crippen molar-refractivity contribution in [1.82, 2.24) is 0 Å². The summed E-state index contributed by atoms with van der Waals surface area (Å²) < 4.78 is 0. The van der Waals surface area contributed by atoms with E-state index >= 15 is 0 Å². The molecule has 0 N–H and O–H groups in total. The van der Waals surface area contributed by atoms with Gasteiger partial charge in [-0.1, -0.05) is 13.8 Å². The van der Waals surface area contributed by atoms with E-state index in [-0.39, 0.29) is 35.0 Å². The molecule has 0 aliphatic rings. The minimum absolute atomic E-state index is 0.0962. The van der Waals surface area contributed by atoms with Crippen LogP contribution >= 0.6 is 0 Å². The van der Waals surface area contributed by atoms with Gasteiger partial charge in [-0.2, -0.15) is 0 Å². The fourth-order valence-corrected chi connectivity index (χ4v) is 2.14. The standard InChI is InChI=1S/2C9H16O2/c2*1-4-9(8(3)11)6-5-7(2)10/h2*9H,4-6H2,1-3H3. The van der Waals surface area contributed by atoms with E-state index in [1.54, 1.807) is 27.7 Å². The SMILES string of the molecule is CCC(CCC(C)=O)C(C)=O.CCC(CCC(C)=O)C(C)=O. The lowest BCUT2D eigenvalue weighted by atomic mass is 9.95. The van der Waals surface area contributed by atoms with E-state index < -0.39 is 0 Å². The average Bonchev–Trinajstić information content (AvgIpc) is 2.39. The van der Waals surface area contributed by atoms with Crippen molar-refractivity contribution < 1.29 is 19.2 Å². The summed E-state index contributed by atoms with van der Waals surface area (Å²) in [5.74, 6) is 0.940. The number of Topliss-reactive ketones (excluding diaryl/α,β-unsaturated/α-hetero) is 4. The first-order valence-corrected chi connectivity index (χ1v) is 8.15. The minimum Gasteiger partial charge on any atom is -0.300 e. The van der Waals surface area contributed by atoms with Crippen molar-refractivity contribution in [3.63, 3.8) is 0 Å². The van der Waals surface area contributed by atoms with E-state index in [9.17, 15) is 19.2 Å². The van der Waals surface area contributed by atoms with Gasteiger partial charge >= 0.3 is 0 Å². The van der Waals surface area contributed by atoms with Crippen molar-refractivity contribution in [2.75, 3.05) is 0 Å². The van der Waals surface area contributed by atoms with E-state index in [1.807, 2.05) is 13.8 Å². The Labute approximate surface area is 135 Å². The molecule has 0 spiro atoms. The van der Waals surface area contributed by atoms with Gasteiger partial charge in [-0.3, -0.25) is 9.59 Å². The maximum absolute atomic E-state index is 10.9. The molecule has 0 bridgehead atoms. The Balaban J connectivity index is 0. The molecule has 22 heavy (non-hydrogen) atoms. The zero-order valence-corrected chi connectivity index (χ0v) is 15.0. The fourth-order valence-electron chi connectivity index (χ4n) is 2.14. The summed E-state index contributed by atoms with van der Waals surface area (Å²) >= 11 is 0. The van der Waals surface area contributed by atoms with Crippen molar-refractivity contribution in [2.24, 2.45) is 11.8 Å². The number of carbonyl (C=O) groups excluding carboxylic acids is 4. The highest BCUT2D eigenvalue weighted by Crippen LogP contribution is 2.12. The highest BCUT2D eigenvalue weighted by Gasteiger charge is 2.12. The molecule has 0 aromatic rings. The van der Waals surface area contributed by atoms with Gasteiger partial charge in [-0.05, 0) is 53.4 Å². The van der Waals surface area contributed by atoms with Gasteiger partial charge in [0.25, 0.3) is 0 Å². The summed E-state index contributed by atoms with van der Waals surface area (Å²) in [7, 11) is 0. The quantitative estimate of drug-likeness (QED) is 0.612. The van der Waals surface area contributed by atoms with Gasteiger partial charge in [0.05, 0.1) is 0 Å². The maximum atomic E-state index is 10.9. The van der Waals surface area contributed by atoms with Crippen LogP contribution in [0.5, 0.6) is 0 Å². The molecular weight excluding hydrogens is 280 g/mol. The number of hydrogen-bond acceptors (Lipinski definition) is 4. The molecule has 0 amide bonds. The average molecular weight is 312 g/mol. The molecule has 0 radical (unpaired) electrons. The number of hydrogen-bond donors (Lipinski definition) is 0. The van der Waals surface area contributed by atoms with E-state index in [0.717, 1.165) is 25.7 Å². The lowest BCUT2D eigenvalue weighted by Crippen LogP contribution is -2.10. The molecule has 0 aromatic carbocycles. The molecule has 0 saturated heterocycles. The number of carbonyl (C=O) groups is 4. The summed E-state index contributed by atoms with van der Waals surface area (Å²) in [5.41, 5.74) is 0. The maximum Gasteiger partial charge on any atom is 0.132 e. The van der Waals surface area contributed by atoms with Crippen LogP contribution in [0.2, 0.25) is 0 Å². The summed E-state index contributed by atoms with van der Waals surface area (Å²) in [6.07, 6.45) is 4.23. The molecular formula is C18H32O4. The van der Waals surface area contributed by atoms with Crippen molar-refractivity contribution in [1.29, 1.82) is 0 Å². The molecule has 0 aliphatic carbocycles. The summed E-state index contributed by atoms with van der Waals surface area (Å²) in [6.45, 7) is 10.3. The van der Waals surface area contributed by atoms with Crippen molar-refractivity contribution in [3.05, 3.63) is 0 Å². The third kappa shape index (κ3) is 13.7. The van der Waals surface area contributed by atoms with Crippen molar-refractivity contribution in [3.8, 4) is 0 Å². The van der Waals surface area contributed by atoms with Crippen molar-refractivity contribution in [2.45, 2.75) is 80.1 Å². The number of rotatable bonds is 10. The van der Waals surface area contributed by atoms with Crippen LogP contribution in [0.3, 0.4) is 0 Å². The van der Waals surface area contributed by atoms with Gasteiger partial charge in [0.2, 0.25) is 0 Å². The second-order valence-corrected chi connectivity index (χ2v) is 5.91. The molecule has 0 heterocycles. The number of ketones is 4. The van der Waals surface area contributed by atoms with E-state index in [2.05, 4.69) is 0 Å². The molecule has 4 nitrogen and oxygen atoms in total. The largest absolute Gasteiger partial charge is 0.300 e. The highest BCUT2D eigenvalue weighted by molar-refractivity contribution is 5.80. The van der Waals surface area contributed by atoms with Crippen LogP contribution in [0.15, 0.2) is 0 Å². The molecule has 0 fully saturated rings. The topological polar surface area (TPSA) is 68.3 Å². The highest BCUT2D eigenvalue weighted by atomic mass is 16.1. The zero-order valence-electron chi connectivity index (χ0n) is 15.0. The van der Waals surface area contributed by atoms with Gasteiger partial charge in [0.15, 0.2) is 0 Å². The molecule has 0 rings (SSSR count). The predicted octanol–water partition coefficient (Wildman–Crippen LogP) is 3.94. The summed E-state index contributed by atoms with van der Waals surface area (Å²) in [5, 5.41) is 0.